The first-order valence-corrected chi connectivity index (χ1v) is 25.1. The molecule has 0 bridgehead atoms. The molecule has 16 heteroatoms. The highest BCUT2D eigenvalue weighted by Crippen LogP contribution is 2.43. The Labute approximate surface area is 371 Å². The van der Waals surface area contributed by atoms with Crippen molar-refractivity contribution in [1.82, 2.24) is 0 Å². The minimum absolute atomic E-state index is 0.0838. The van der Waals surface area contributed by atoms with E-state index >= 15 is 0 Å². The van der Waals surface area contributed by atoms with Gasteiger partial charge in [0.1, 0.15) is 12.7 Å². The second kappa shape index (κ2) is 40.8. The van der Waals surface area contributed by atoms with Crippen LogP contribution in [-0.2, 0) is 41.8 Å². The standard InChI is InChI=1S/C46H76O14P2/c1-3-5-7-9-11-13-15-17-18-20-22-24-26-28-32-36-45(49)56-40-44(41-59-62(54,55)58-39-43(48)38-57-61(51,52)53)60-46(50)37-33-29-31-35-42(47)34-30-27-25-23-21-19-16-14-12-10-8-6-4-2/h6,8,12-15,17-19,21,25,27,29-31,34,42-44,47-48H,3-5,7,9-11,16,20,22-24,26,28,32-33,35-41H2,1-2H3,(H,54,55)(H2,51,52,53)/b8-6-,14-12-,15-13-,18-17-,21-19-,27-25-,31-29-,34-30-/t42?,43-,44+/m0/s1. The van der Waals surface area contributed by atoms with Gasteiger partial charge < -0.3 is 34.4 Å². The third-order valence-electron chi connectivity index (χ3n) is 8.57. The summed E-state index contributed by atoms with van der Waals surface area (Å²) in [6, 6.07) is 0. The minimum Gasteiger partial charge on any atom is -0.462 e. The number of carbonyl (C=O) groups is 2. The molecular weight excluding hydrogens is 838 g/mol. The van der Waals surface area contributed by atoms with E-state index in [9.17, 15) is 33.8 Å². The van der Waals surface area contributed by atoms with Gasteiger partial charge in [0, 0.05) is 12.8 Å². The number of hydrogen-bond donors (Lipinski definition) is 5. The van der Waals surface area contributed by atoms with Gasteiger partial charge in [-0.05, 0) is 70.6 Å². The quantitative estimate of drug-likeness (QED) is 0.0127. The average molecular weight is 915 g/mol. The van der Waals surface area contributed by atoms with Crippen LogP contribution in [0.15, 0.2) is 97.2 Å². The molecular formula is C46H76O14P2. The van der Waals surface area contributed by atoms with Gasteiger partial charge >= 0.3 is 27.6 Å². The number of esters is 2. The van der Waals surface area contributed by atoms with Crippen LogP contribution in [0.2, 0.25) is 0 Å². The molecule has 2 unspecified atom stereocenters. The zero-order valence-electron chi connectivity index (χ0n) is 37.0. The first kappa shape index (κ1) is 59.0. The molecule has 0 rings (SSSR count). The number of phosphoric ester groups is 2. The van der Waals surface area contributed by atoms with Crippen LogP contribution in [0, 0.1) is 0 Å². The second-order valence-corrected chi connectivity index (χ2v) is 17.2. The highest BCUT2D eigenvalue weighted by molar-refractivity contribution is 7.47. The molecule has 0 aliphatic carbocycles. The van der Waals surface area contributed by atoms with Crippen molar-refractivity contribution in [2.45, 2.75) is 154 Å². The van der Waals surface area contributed by atoms with Gasteiger partial charge in [-0.2, -0.15) is 0 Å². The van der Waals surface area contributed by atoms with Crippen LogP contribution in [0.1, 0.15) is 136 Å². The van der Waals surface area contributed by atoms with Crippen LogP contribution in [0.3, 0.4) is 0 Å². The number of phosphoric acid groups is 2. The van der Waals surface area contributed by atoms with Gasteiger partial charge in [0.05, 0.1) is 25.9 Å². The van der Waals surface area contributed by atoms with Crippen molar-refractivity contribution in [2.75, 3.05) is 26.4 Å². The van der Waals surface area contributed by atoms with Crippen molar-refractivity contribution in [3.8, 4) is 0 Å². The summed E-state index contributed by atoms with van der Waals surface area (Å²) >= 11 is 0. The Kier molecular flexibility index (Phi) is 38.8. The molecule has 0 aliphatic rings. The Morgan fingerprint density at radius 1 is 0.548 bits per heavy atom. The third kappa shape index (κ3) is 43.6. The number of rotatable bonds is 40. The molecule has 0 aliphatic heterocycles. The number of aliphatic hydroxyl groups is 2. The lowest BCUT2D eigenvalue weighted by molar-refractivity contribution is -0.161. The zero-order valence-corrected chi connectivity index (χ0v) is 38.8. The maximum Gasteiger partial charge on any atom is 0.472 e. The summed E-state index contributed by atoms with van der Waals surface area (Å²) in [5.74, 6) is -1.24. The Morgan fingerprint density at radius 3 is 1.76 bits per heavy atom. The molecule has 14 nitrogen and oxygen atoms in total. The van der Waals surface area contributed by atoms with Gasteiger partial charge in [0.15, 0.2) is 6.10 Å². The molecule has 0 aromatic heterocycles. The van der Waals surface area contributed by atoms with Gasteiger partial charge in [-0.1, -0.05) is 150 Å². The van der Waals surface area contributed by atoms with Gasteiger partial charge in [-0.15, -0.1) is 0 Å². The second-order valence-electron chi connectivity index (χ2n) is 14.5. The first-order valence-electron chi connectivity index (χ1n) is 22.1. The van der Waals surface area contributed by atoms with Crippen LogP contribution in [0.4, 0.5) is 0 Å². The van der Waals surface area contributed by atoms with E-state index in [2.05, 4.69) is 83.7 Å². The summed E-state index contributed by atoms with van der Waals surface area (Å²) in [7, 11) is -9.76. The SMILES string of the molecule is CC/C=C\C/C=C\C/C=C\C/C=C\C=C/C(O)C/C=C\CCC(=O)O[C@H](COC(=O)CCCCCCC/C=C\C=C/CCCCCC)COP(=O)(O)OC[C@@H](O)COP(=O)(O)O. The zero-order chi connectivity index (χ0) is 46.0. The van der Waals surface area contributed by atoms with Crippen molar-refractivity contribution >= 4 is 27.6 Å². The van der Waals surface area contributed by atoms with Crippen LogP contribution < -0.4 is 0 Å². The fraction of sp³-hybridized carbons (Fsp3) is 0.609. The van der Waals surface area contributed by atoms with E-state index < -0.39 is 72.3 Å². The maximum atomic E-state index is 12.7. The molecule has 0 heterocycles. The van der Waals surface area contributed by atoms with E-state index in [1.165, 1.54) is 25.7 Å². The fourth-order valence-electron chi connectivity index (χ4n) is 5.21. The molecule has 62 heavy (non-hydrogen) atoms. The normalized spacial score (nSPS) is 15.4. The maximum absolute atomic E-state index is 12.7. The lowest BCUT2D eigenvalue weighted by Gasteiger charge is -2.20. The molecule has 0 amide bonds. The summed E-state index contributed by atoms with van der Waals surface area (Å²) in [5, 5.41) is 20.0. The van der Waals surface area contributed by atoms with Crippen molar-refractivity contribution < 1.29 is 66.7 Å². The molecule has 5 N–H and O–H groups in total. The summed E-state index contributed by atoms with van der Waals surface area (Å²) < 4.78 is 47.6. The molecule has 354 valence electrons. The van der Waals surface area contributed by atoms with E-state index in [1.807, 2.05) is 12.2 Å². The van der Waals surface area contributed by atoms with Gasteiger partial charge in [0.25, 0.3) is 0 Å². The van der Waals surface area contributed by atoms with Crippen LogP contribution in [0.5, 0.6) is 0 Å². The average Bonchev–Trinajstić information content (AvgIpc) is 3.23. The Hall–Kier alpha value is -3.00. The van der Waals surface area contributed by atoms with Crippen LogP contribution >= 0.6 is 15.6 Å². The molecule has 0 spiro atoms. The van der Waals surface area contributed by atoms with Crippen molar-refractivity contribution in [1.29, 1.82) is 0 Å². The number of hydrogen-bond acceptors (Lipinski definition) is 11. The third-order valence-corrected chi connectivity index (χ3v) is 10.0. The topological polar surface area (TPSA) is 216 Å². The van der Waals surface area contributed by atoms with Crippen molar-refractivity contribution in [2.24, 2.45) is 0 Å². The predicted molar refractivity (Wildman–Crippen MR) is 245 cm³/mol. The summed E-state index contributed by atoms with van der Waals surface area (Å²) in [4.78, 5) is 52.7. The van der Waals surface area contributed by atoms with Crippen molar-refractivity contribution in [3.63, 3.8) is 0 Å². The fourth-order valence-corrected chi connectivity index (χ4v) is 6.37. The van der Waals surface area contributed by atoms with E-state index in [0.29, 0.717) is 12.8 Å². The molecule has 0 saturated heterocycles. The Bertz CT molecular complexity index is 1480. The van der Waals surface area contributed by atoms with Gasteiger partial charge in [-0.3, -0.25) is 23.2 Å². The lowest BCUT2D eigenvalue weighted by Crippen LogP contribution is -2.29. The Morgan fingerprint density at radius 2 is 1.11 bits per heavy atom. The van der Waals surface area contributed by atoms with Gasteiger partial charge in [0.2, 0.25) is 0 Å². The molecule has 0 saturated carbocycles. The number of allylic oxidation sites excluding steroid dienone is 14. The molecule has 0 aromatic carbocycles. The monoisotopic (exact) mass is 914 g/mol. The molecule has 4 atom stereocenters. The highest BCUT2D eigenvalue weighted by Gasteiger charge is 2.28. The largest absolute Gasteiger partial charge is 0.472 e. The minimum atomic E-state index is -4.89. The van der Waals surface area contributed by atoms with E-state index in [1.54, 1.807) is 24.3 Å². The molecule has 0 radical (unpaired) electrons. The molecule has 0 fully saturated rings. The van der Waals surface area contributed by atoms with E-state index in [4.69, 9.17) is 23.8 Å². The van der Waals surface area contributed by atoms with Gasteiger partial charge in [-0.25, -0.2) is 9.13 Å². The number of ether oxygens (including phenoxy) is 2. The van der Waals surface area contributed by atoms with Crippen LogP contribution in [0.25, 0.3) is 0 Å². The number of aliphatic hydroxyl groups excluding tert-OH is 2. The summed E-state index contributed by atoms with van der Waals surface area (Å²) in [6.07, 6.45) is 44.3. The smallest absolute Gasteiger partial charge is 0.462 e. The van der Waals surface area contributed by atoms with Crippen LogP contribution in [-0.4, -0.2) is 81.6 Å². The van der Waals surface area contributed by atoms with E-state index in [-0.39, 0.29) is 19.3 Å². The summed E-state index contributed by atoms with van der Waals surface area (Å²) in [5.41, 5.74) is 0. The van der Waals surface area contributed by atoms with Crippen molar-refractivity contribution in [3.05, 3.63) is 97.2 Å². The number of carbonyl (C=O) groups excluding carboxylic acids is 2. The Balaban J connectivity index is 4.78. The van der Waals surface area contributed by atoms with E-state index in [0.717, 1.165) is 64.2 Å². The molecule has 0 aromatic rings. The number of unbranched alkanes of at least 4 members (excludes halogenated alkanes) is 9. The lowest BCUT2D eigenvalue weighted by atomic mass is 10.1. The predicted octanol–water partition coefficient (Wildman–Crippen LogP) is 10.3. The first-order chi connectivity index (χ1) is 29.8. The highest BCUT2D eigenvalue weighted by atomic mass is 31.2. The summed E-state index contributed by atoms with van der Waals surface area (Å²) in [6.45, 7) is 1.39.